The Morgan fingerprint density at radius 3 is 2.55 bits per heavy atom. The van der Waals surface area contributed by atoms with Gasteiger partial charge in [0.15, 0.2) is 0 Å². The number of carbonyl (C=O) groups excluding carboxylic acids is 2. The van der Waals surface area contributed by atoms with Gasteiger partial charge in [-0.3, -0.25) is 9.59 Å². The Morgan fingerprint density at radius 2 is 1.91 bits per heavy atom. The summed E-state index contributed by atoms with van der Waals surface area (Å²) < 4.78 is 5.26. The van der Waals surface area contributed by atoms with Crippen LogP contribution in [0.1, 0.15) is 25.3 Å². The van der Waals surface area contributed by atoms with E-state index >= 15 is 0 Å². The van der Waals surface area contributed by atoms with Crippen molar-refractivity contribution in [1.29, 1.82) is 0 Å². The van der Waals surface area contributed by atoms with Crippen LogP contribution in [0.2, 0.25) is 0 Å². The molecule has 1 fully saturated rings. The van der Waals surface area contributed by atoms with Crippen molar-refractivity contribution >= 4 is 11.8 Å². The third-order valence-electron chi connectivity index (χ3n) is 3.93. The summed E-state index contributed by atoms with van der Waals surface area (Å²) >= 11 is 0. The summed E-state index contributed by atoms with van der Waals surface area (Å²) in [6, 6.07) is 9.87. The molecule has 1 N–H and O–H groups in total. The normalized spacial score (nSPS) is 15.3. The predicted molar refractivity (Wildman–Crippen MR) is 84.1 cm³/mol. The van der Waals surface area contributed by atoms with Crippen molar-refractivity contribution in [3.63, 3.8) is 0 Å². The van der Waals surface area contributed by atoms with Gasteiger partial charge in [-0.15, -0.1) is 0 Å². The summed E-state index contributed by atoms with van der Waals surface area (Å²) in [6.07, 6.45) is 1.57. The average Bonchev–Trinajstić information content (AvgIpc) is 2.55. The zero-order chi connectivity index (χ0) is 15.8. The quantitative estimate of drug-likeness (QED) is 0.868. The van der Waals surface area contributed by atoms with Crippen LogP contribution in [0.15, 0.2) is 30.3 Å². The number of hydrogen-bond donors (Lipinski definition) is 1. The molecule has 0 spiro atoms. The van der Waals surface area contributed by atoms with E-state index in [2.05, 4.69) is 5.32 Å². The van der Waals surface area contributed by atoms with Gasteiger partial charge >= 0.3 is 0 Å². The second kappa shape index (κ2) is 8.54. The van der Waals surface area contributed by atoms with E-state index in [1.165, 1.54) is 0 Å². The van der Waals surface area contributed by atoms with Crippen LogP contribution in [0, 0.1) is 5.92 Å². The van der Waals surface area contributed by atoms with Crippen LogP contribution in [0.4, 0.5) is 0 Å². The smallest absolute Gasteiger partial charge is 0.223 e. The first-order valence-electron chi connectivity index (χ1n) is 7.81. The molecule has 1 aliphatic heterocycles. The summed E-state index contributed by atoms with van der Waals surface area (Å²) in [4.78, 5) is 25.5. The fourth-order valence-electron chi connectivity index (χ4n) is 2.57. The largest absolute Gasteiger partial charge is 0.381 e. The Balaban J connectivity index is 1.77. The van der Waals surface area contributed by atoms with Crippen molar-refractivity contribution in [2.45, 2.75) is 26.3 Å². The maximum Gasteiger partial charge on any atom is 0.223 e. The molecule has 120 valence electrons. The molecule has 0 radical (unpaired) electrons. The van der Waals surface area contributed by atoms with Crippen molar-refractivity contribution < 1.29 is 14.3 Å². The molecule has 1 heterocycles. The topological polar surface area (TPSA) is 58.6 Å². The van der Waals surface area contributed by atoms with Crippen molar-refractivity contribution in [3.8, 4) is 0 Å². The molecule has 0 bridgehead atoms. The predicted octanol–water partition coefficient (Wildman–Crippen LogP) is 1.58. The maximum absolute atomic E-state index is 12.0. The van der Waals surface area contributed by atoms with Gasteiger partial charge in [-0.05, 0) is 18.4 Å². The molecule has 0 unspecified atom stereocenters. The van der Waals surface area contributed by atoms with Gasteiger partial charge in [-0.1, -0.05) is 30.3 Å². The third-order valence-corrected chi connectivity index (χ3v) is 3.93. The molecule has 1 aliphatic rings. The summed E-state index contributed by atoms with van der Waals surface area (Å²) in [5, 5.41) is 2.94. The van der Waals surface area contributed by atoms with Gasteiger partial charge in [0, 0.05) is 45.7 Å². The molecular formula is C17H24N2O3. The molecule has 2 amide bonds. The number of nitrogens with zero attached hydrogens (tertiary/aromatic N) is 1. The number of benzene rings is 1. The van der Waals surface area contributed by atoms with E-state index in [4.69, 9.17) is 4.74 Å². The van der Waals surface area contributed by atoms with Crippen molar-refractivity contribution in [3.05, 3.63) is 35.9 Å². The fraction of sp³-hybridized carbons (Fsp3) is 0.529. The summed E-state index contributed by atoms with van der Waals surface area (Å²) in [5.74, 6) is 0.143. The Hall–Kier alpha value is -1.88. The molecule has 22 heavy (non-hydrogen) atoms. The highest BCUT2D eigenvalue weighted by atomic mass is 16.5. The summed E-state index contributed by atoms with van der Waals surface area (Å²) in [5.41, 5.74) is 1.09. The number of hydrogen-bond acceptors (Lipinski definition) is 3. The SMILES string of the molecule is CC(=O)N(CCNC(=O)C1CCOCC1)Cc1ccccc1. The Bertz CT molecular complexity index is 484. The summed E-state index contributed by atoms with van der Waals surface area (Å²) in [7, 11) is 0. The first-order valence-corrected chi connectivity index (χ1v) is 7.81. The van der Waals surface area contributed by atoms with Crippen LogP contribution in [-0.2, 0) is 20.9 Å². The lowest BCUT2D eigenvalue weighted by Gasteiger charge is -2.24. The van der Waals surface area contributed by atoms with Crippen LogP contribution in [0.3, 0.4) is 0 Å². The molecule has 5 nitrogen and oxygen atoms in total. The van der Waals surface area contributed by atoms with Crippen LogP contribution in [-0.4, -0.2) is 43.0 Å². The monoisotopic (exact) mass is 304 g/mol. The molecule has 1 aromatic carbocycles. The minimum atomic E-state index is 0.0177. The van der Waals surface area contributed by atoms with Crippen LogP contribution < -0.4 is 5.32 Å². The average molecular weight is 304 g/mol. The highest BCUT2D eigenvalue weighted by Crippen LogP contribution is 2.14. The standard InChI is InChI=1S/C17H24N2O3/c1-14(20)19(13-15-5-3-2-4-6-15)10-9-18-17(21)16-7-11-22-12-8-16/h2-6,16H,7-13H2,1H3,(H,18,21). The number of nitrogens with one attached hydrogen (secondary N) is 1. The van der Waals surface area contributed by atoms with E-state index < -0.39 is 0 Å². The van der Waals surface area contributed by atoms with Crippen molar-refractivity contribution in [2.24, 2.45) is 5.92 Å². The Labute approximate surface area is 131 Å². The minimum absolute atomic E-state index is 0.0177. The molecule has 0 atom stereocenters. The highest BCUT2D eigenvalue weighted by Gasteiger charge is 2.21. The zero-order valence-corrected chi connectivity index (χ0v) is 13.1. The molecule has 5 heteroatoms. The molecule has 2 rings (SSSR count). The maximum atomic E-state index is 12.0. The molecule has 0 aliphatic carbocycles. The van der Waals surface area contributed by atoms with E-state index in [1.807, 2.05) is 30.3 Å². The van der Waals surface area contributed by atoms with E-state index in [-0.39, 0.29) is 17.7 Å². The zero-order valence-electron chi connectivity index (χ0n) is 13.1. The molecule has 0 aromatic heterocycles. The van der Waals surface area contributed by atoms with Gasteiger partial charge in [0.1, 0.15) is 0 Å². The lowest BCUT2D eigenvalue weighted by atomic mass is 9.99. The van der Waals surface area contributed by atoms with Crippen LogP contribution >= 0.6 is 0 Å². The second-order valence-electron chi connectivity index (χ2n) is 5.60. The number of rotatable bonds is 6. The van der Waals surface area contributed by atoms with Gasteiger partial charge in [0.25, 0.3) is 0 Å². The first-order chi connectivity index (χ1) is 10.7. The van der Waals surface area contributed by atoms with Gasteiger partial charge < -0.3 is 15.0 Å². The second-order valence-corrected chi connectivity index (χ2v) is 5.60. The number of amides is 2. The Kier molecular flexibility index (Phi) is 6.40. The molecule has 0 saturated carbocycles. The van der Waals surface area contributed by atoms with E-state index in [0.29, 0.717) is 32.8 Å². The molecular weight excluding hydrogens is 280 g/mol. The first kappa shape index (κ1) is 16.5. The molecule has 1 aromatic rings. The van der Waals surface area contributed by atoms with Gasteiger partial charge in [-0.2, -0.15) is 0 Å². The van der Waals surface area contributed by atoms with Gasteiger partial charge in [0.05, 0.1) is 0 Å². The number of ether oxygens (including phenoxy) is 1. The van der Waals surface area contributed by atoms with Gasteiger partial charge in [0.2, 0.25) is 11.8 Å². The molecule has 1 saturated heterocycles. The van der Waals surface area contributed by atoms with Gasteiger partial charge in [-0.25, -0.2) is 0 Å². The Morgan fingerprint density at radius 1 is 1.23 bits per heavy atom. The highest BCUT2D eigenvalue weighted by molar-refractivity contribution is 5.78. The van der Waals surface area contributed by atoms with Crippen molar-refractivity contribution in [1.82, 2.24) is 10.2 Å². The van der Waals surface area contributed by atoms with E-state index in [0.717, 1.165) is 18.4 Å². The van der Waals surface area contributed by atoms with E-state index in [1.54, 1.807) is 11.8 Å². The third kappa shape index (κ3) is 5.15. The fourth-order valence-corrected chi connectivity index (χ4v) is 2.57. The van der Waals surface area contributed by atoms with Crippen molar-refractivity contribution in [2.75, 3.05) is 26.3 Å². The van der Waals surface area contributed by atoms with E-state index in [9.17, 15) is 9.59 Å². The lowest BCUT2D eigenvalue weighted by Crippen LogP contribution is -2.40. The lowest BCUT2D eigenvalue weighted by molar-refractivity contribution is -0.131. The summed E-state index contributed by atoms with van der Waals surface area (Å²) in [6.45, 7) is 4.46. The van der Waals surface area contributed by atoms with Crippen LogP contribution in [0.25, 0.3) is 0 Å². The number of carbonyl (C=O) groups is 2. The minimum Gasteiger partial charge on any atom is -0.381 e. The van der Waals surface area contributed by atoms with Crippen LogP contribution in [0.5, 0.6) is 0 Å².